The Morgan fingerprint density at radius 3 is 2.33 bits per heavy atom. The minimum atomic E-state index is -0.439. The van der Waals surface area contributed by atoms with Crippen LogP contribution in [0.2, 0.25) is 0 Å². The number of nitriles is 1. The van der Waals surface area contributed by atoms with E-state index in [0.717, 1.165) is 44.7 Å². The number of nitrogens with zero attached hydrogens (tertiary/aromatic N) is 3. The molecule has 1 aliphatic heterocycles. The van der Waals surface area contributed by atoms with E-state index in [1.54, 1.807) is 6.07 Å². The van der Waals surface area contributed by atoms with Gasteiger partial charge in [-0.3, -0.25) is 9.69 Å². The topological polar surface area (TPSA) is 47.3 Å². The van der Waals surface area contributed by atoms with Crippen LogP contribution >= 0.6 is 0 Å². The van der Waals surface area contributed by atoms with Gasteiger partial charge in [-0.05, 0) is 42.9 Å². The summed E-state index contributed by atoms with van der Waals surface area (Å²) in [5, 5.41) is 8.83. The molecule has 1 heterocycles. The van der Waals surface area contributed by atoms with E-state index >= 15 is 0 Å². The smallest absolute Gasteiger partial charge is 0.143 e. The van der Waals surface area contributed by atoms with Crippen molar-refractivity contribution >= 4 is 11.5 Å². The number of hydrogen-bond acceptors (Lipinski definition) is 4. The fraction of sp³-hybridized carbons (Fsp3) is 0.579. The van der Waals surface area contributed by atoms with Gasteiger partial charge >= 0.3 is 0 Å². The van der Waals surface area contributed by atoms with Crippen LogP contribution < -0.4 is 4.90 Å². The second-order valence-corrected chi connectivity index (χ2v) is 7.39. The van der Waals surface area contributed by atoms with Crippen LogP contribution in [0.15, 0.2) is 18.2 Å². The minimum absolute atomic E-state index is 0.101. The molecule has 0 spiro atoms. The summed E-state index contributed by atoms with van der Waals surface area (Å²) in [6.07, 6.45) is 3.93. The number of rotatable bonds is 2. The third-order valence-corrected chi connectivity index (χ3v) is 6.06. The normalized spacial score (nSPS) is 30.4. The highest BCUT2D eigenvalue weighted by Gasteiger charge is 2.43. The maximum absolute atomic E-state index is 13.8. The van der Waals surface area contributed by atoms with Crippen molar-refractivity contribution in [3.63, 3.8) is 0 Å². The number of fused-ring (bicyclic) bond motifs is 1. The summed E-state index contributed by atoms with van der Waals surface area (Å²) in [6.45, 7) is 3.74. The van der Waals surface area contributed by atoms with E-state index in [1.807, 2.05) is 12.1 Å². The van der Waals surface area contributed by atoms with Gasteiger partial charge < -0.3 is 4.90 Å². The van der Waals surface area contributed by atoms with Gasteiger partial charge in [0, 0.05) is 50.7 Å². The van der Waals surface area contributed by atoms with Crippen molar-refractivity contribution in [2.45, 2.75) is 31.7 Å². The molecule has 1 aromatic carbocycles. The second kappa shape index (κ2) is 6.18. The Balaban J connectivity index is 1.35. The molecule has 4 nitrogen and oxygen atoms in total. The molecule has 1 unspecified atom stereocenters. The molecule has 2 aliphatic carbocycles. The number of ketones is 1. The molecule has 126 valence electrons. The Bertz CT molecular complexity index is 674. The highest BCUT2D eigenvalue weighted by molar-refractivity contribution is 5.81. The average Bonchev–Trinajstić information content (AvgIpc) is 3.12. The first-order valence-electron chi connectivity index (χ1n) is 8.84. The molecule has 0 aromatic heterocycles. The van der Waals surface area contributed by atoms with Gasteiger partial charge in [0.2, 0.25) is 0 Å². The third-order valence-electron chi connectivity index (χ3n) is 6.06. The Morgan fingerprint density at radius 2 is 1.75 bits per heavy atom. The number of hydrogen-bond donors (Lipinski definition) is 0. The van der Waals surface area contributed by atoms with Crippen LogP contribution in [0.3, 0.4) is 0 Å². The molecule has 3 atom stereocenters. The molecule has 1 aromatic rings. The summed E-state index contributed by atoms with van der Waals surface area (Å²) in [6, 6.07) is 7.35. The molecular weight excluding hydrogens is 305 g/mol. The second-order valence-electron chi connectivity index (χ2n) is 7.39. The summed E-state index contributed by atoms with van der Waals surface area (Å²) < 4.78 is 13.8. The Hall–Kier alpha value is -1.93. The molecule has 0 bridgehead atoms. The van der Waals surface area contributed by atoms with Gasteiger partial charge in [-0.25, -0.2) is 4.39 Å². The Morgan fingerprint density at radius 1 is 1.08 bits per heavy atom. The van der Waals surface area contributed by atoms with E-state index in [4.69, 9.17) is 5.26 Å². The zero-order chi connectivity index (χ0) is 16.7. The van der Waals surface area contributed by atoms with E-state index in [-0.39, 0.29) is 5.56 Å². The van der Waals surface area contributed by atoms with Gasteiger partial charge in [-0.15, -0.1) is 0 Å². The average molecular weight is 327 g/mol. The zero-order valence-corrected chi connectivity index (χ0v) is 13.7. The molecule has 0 radical (unpaired) electrons. The molecule has 1 saturated heterocycles. The van der Waals surface area contributed by atoms with Gasteiger partial charge in [-0.1, -0.05) is 0 Å². The molecular formula is C19H22FN3O. The van der Waals surface area contributed by atoms with E-state index in [0.29, 0.717) is 23.7 Å². The number of anilines is 1. The number of piperazine rings is 1. The molecule has 5 heteroatoms. The standard InChI is InChI=1S/C19H22FN3O/c20-19-11-16(2-1-13(19)12-21)22-3-5-23(6-4-22)17-7-14-9-18(24)10-15(14)8-17/h1-2,11,14-15,17H,3-10H2/t14-,15+,17?. The fourth-order valence-electron chi connectivity index (χ4n) is 4.78. The van der Waals surface area contributed by atoms with Crippen LogP contribution in [0.5, 0.6) is 0 Å². The van der Waals surface area contributed by atoms with Gasteiger partial charge in [0.25, 0.3) is 0 Å². The van der Waals surface area contributed by atoms with E-state index in [2.05, 4.69) is 9.80 Å². The lowest BCUT2D eigenvalue weighted by Crippen LogP contribution is -2.50. The summed E-state index contributed by atoms with van der Waals surface area (Å²) >= 11 is 0. The quantitative estimate of drug-likeness (QED) is 0.838. The molecule has 3 fully saturated rings. The lowest BCUT2D eigenvalue weighted by atomic mass is 10.0. The van der Waals surface area contributed by atoms with Gasteiger partial charge in [0.1, 0.15) is 17.7 Å². The first kappa shape index (κ1) is 15.6. The van der Waals surface area contributed by atoms with Crippen molar-refractivity contribution in [3.05, 3.63) is 29.6 Å². The minimum Gasteiger partial charge on any atom is -0.369 e. The maximum Gasteiger partial charge on any atom is 0.143 e. The SMILES string of the molecule is N#Cc1ccc(N2CCN(C3C[C@H]4CC(=O)C[C@H]4C3)CC2)cc1F. The number of Topliss-reactive ketones (excluding diaryl/α,β-unsaturated/α-hetero) is 1. The predicted octanol–water partition coefficient (Wildman–Crippen LogP) is 2.58. The lowest BCUT2D eigenvalue weighted by Gasteiger charge is -2.39. The molecule has 0 N–H and O–H groups in total. The summed E-state index contributed by atoms with van der Waals surface area (Å²) in [5.41, 5.74) is 0.962. The first-order chi connectivity index (χ1) is 11.6. The molecule has 2 saturated carbocycles. The van der Waals surface area contributed by atoms with Gasteiger partial charge in [0.15, 0.2) is 0 Å². The van der Waals surface area contributed by atoms with Crippen LogP contribution in [0, 0.1) is 29.0 Å². The molecule has 0 amide bonds. The van der Waals surface area contributed by atoms with Crippen molar-refractivity contribution in [1.82, 2.24) is 4.90 Å². The Kier molecular flexibility index (Phi) is 4.01. The number of carbonyl (C=O) groups is 1. The summed E-state index contributed by atoms with van der Waals surface area (Å²) in [5.74, 6) is 1.25. The van der Waals surface area contributed by atoms with Crippen LogP contribution in [0.25, 0.3) is 0 Å². The van der Waals surface area contributed by atoms with Gasteiger partial charge in [0.05, 0.1) is 5.56 Å². The number of benzene rings is 1. The Labute approximate surface area is 141 Å². The van der Waals surface area contributed by atoms with Crippen molar-refractivity contribution in [2.24, 2.45) is 11.8 Å². The third kappa shape index (κ3) is 2.80. The fourth-order valence-corrected chi connectivity index (χ4v) is 4.78. The van der Waals surface area contributed by atoms with E-state index in [9.17, 15) is 9.18 Å². The zero-order valence-electron chi connectivity index (χ0n) is 13.7. The van der Waals surface area contributed by atoms with Crippen LogP contribution in [0.1, 0.15) is 31.2 Å². The summed E-state index contributed by atoms with van der Waals surface area (Å²) in [4.78, 5) is 16.3. The number of carbonyl (C=O) groups excluding carboxylic acids is 1. The largest absolute Gasteiger partial charge is 0.369 e. The molecule has 24 heavy (non-hydrogen) atoms. The lowest BCUT2D eigenvalue weighted by molar-refractivity contribution is -0.117. The van der Waals surface area contributed by atoms with Crippen LogP contribution in [-0.2, 0) is 4.79 Å². The maximum atomic E-state index is 13.8. The van der Waals surface area contributed by atoms with Crippen molar-refractivity contribution in [1.29, 1.82) is 5.26 Å². The first-order valence-corrected chi connectivity index (χ1v) is 8.84. The van der Waals surface area contributed by atoms with E-state index < -0.39 is 5.82 Å². The highest BCUT2D eigenvalue weighted by Crippen LogP contribution is 2.44. The van der Waals surface area contributed by atoms with Gasteiger partial charge in [-0.2, -0.15) is 5.26 Å². The van der Waals surface area contributed by atoms with Crippen molar-refractivity contribution < 1.29 is 9.18 Å². The summed E-state index contributed by atoms with van der Waals surface area (Å²) in [7, 11) is 0. The van der Waals surface area contributed by atoms with Crippen molar-refractivity contribution in [3.8, 4) is 6.07 Å². The highest BCUT2D eigenvalue weighted by atomic mass is 19.1. The van der Waals surface area contributed by atoms with Crippen LogP contribution in [-0.4, -0.2) is 42.9 Å². The monoisotopic (exact) mass is 327 g/mol. The predicted molar refractivity (Wildman–Crippen MR) is 89.1 cm³/mol. The molecule has 4 rings (SSSR count). The van der Waals surface area contributed by atoms with Crippen molar-refractivity contribution in [2.75, 3.05) is 31.1 Å². The van der Waals surface area contributed by atoms with Crippen LogP contribution in [0.4, 0.5) is 10.1 Å². The van der Waals surface area contributed by atoms with E-state index in [1.165, 1.54) is 18.9 Å². The molecule has 3 aliphatic rings. The number of halogens is 1.